The number of carbonyl (C=O) groups is 1. The van der Waals surface area contributed by atoms with Gasteiger partial charge < -0.3 is 5.73 Å². The van der Waals surface area contributed by atoms with E-state index < -0.39 is 0 Å². The molecule has 0 aliphatic rings. The van der Waals surface area contributed by atoms with Gasteiger partial charge in [0.05, 0.1) is 24.0 Å². The Labute approximate surface area is 107 Å². The number of hydrogen-bond acceptors (Lipinski definition) is 6. The smallest absolute Gasteiger partial charge is 0.270 e. The fourth-order valence-electron chi connectivity index (χ4n) is 1.17. The number of carbonyl (C=O) groups excluding carboxylic acids is 1. The maximum atomic E-state index is 11.8. The molecular formula is C10H10N6OS. The predicted molar refractivity (Wildman–Crippen MR) is 67.0 cm³/mol. The van der Waals surface area contributed by atoms with Gasteiger partial charge in [-0.2, -0.15) is 4.80 Å². The molecule has 0 aromatic carbocycles. The van der Waals surface area contributed by atoms with E-state index >= 15 is 0 Å². The van der Waals surface area contributed by atoms with Gasteiger partial charge in [-0.15, -0.1) is 16.4 Å². The number of amides is 1. The van der Waals surface area contributed by atoms with Gasteiger partial charge in [-0.05, 0) is 11.3 Å². The molecule has 0 fully saturated rings. The lowest BCUT2D eigenvalue weighted by Gasteiger charge is -1.95. The first kappa shape index (κ1) is 12.2. The minimum absolute atomic E-state index is 0.170. The zero-order chi connectivity index (χ0) is 13.0. The Morgan fingerprint density at radius 2 is 2.50 bits per heavy atom. The van der Waals surface area contributed by atoms with Gasteiger partial charge >= 0.3 is 0 Å². The summed E-state index contributed by atoms with van der Waals surface area (Å²) in [5.74, 6) is 5.47. The van der Waals surface area contributed by atoms with E-state index in [1.165, 1.54) is 16.1 Å². The van der Waals surface area contributed by atoms with Crippen molar-refractivity contribution in [2.24, 2.45) is 12.8 Å². The van der Waals surface area contributed by atoms with E-state index in [9.17, 15) is 4.79 Å². The first-order chi connectivity index (χ1) is 8.69. The van der Waals surface area contributed by atoms with Crippen LogP contribution >= 0.6 is 11.3 Å². The average Bonchev–Trinajstić information content (AvgIpc) is 2.96. The Morgan fingerprint density at radius 3 is 3.17 bits per heavy atom. The highest BCUT2D eigenvalue weighted by Gasteiger charge is 2.10. The van der Waals surface area contributed by atoms with Crippen molar-refractivity contribution in [2.75, 3.05) is 11.9 Å². The molecule has 92 valence electrons. The molecule has 0 aliphatic carbocycles. The summed E-state index contributed by atoms with van der Waals surface area (Å²) < 4.78 is 0. The van der Waals surface area contributed by atoms with Gasteiger partial charge in [0.2, 0.25) is 0 Å². The van der Waals surface area contributed by atoms with Crippen molar-refractivity contribution in [3.63, 3.8) is 0 Å². The molecule has 8 heteroatoms. The quantitative estimate of drug-likeness (QED) is 0.732. The fraction of sp³-hybridized carbons (Fsp3) is 0.200. The molecule has 2 aromatic heterocycles. The molecule has 2 rings (SSSR count). The minimum Gasteiger partial charge on any atom is -0.320 e. The number of nitrogens with two attached hydrogens (primary N) is 1. The first-order valence-corrected chi connectivity index (χ1v) is 5.90. The highest BCUT2D eigenvalue weighted by Crippen LogP contribution is 2.14. The number of anilines is 1. The summed E-state index contributed by atoms with van der Waals surface area (Å²) in [6.45, 7) is 0.295. The molecular weight excluding hydrogens is 252 g/mol. The molecule has 1 amide bonds. The normalized spacial score (nSPS) is 9.67. The SMILES string of the molecule is Cn1nnc(NC(=O)c2csc(C#CCN)c2)n1. The molecule has 0 bridgehead atoms. The first-order valence-electron chi connectivity index (χ1n) is 5.02. The number of aromatic nitrogens is 4. The summed E-state index contributed by atoms with van der Waals surface area (Å²) in [5, 5.41) is 15.4. The topological polar surface area (TPSA) is 98.7 Å². The Balaban J connectivity index is 2.07. The molecule has 18 heavy (non-hydrogen) atoms. The van der Waals surface area contributed by atoms with Crippen molar-refractivity contribution in [3.8, 4) is 11.8 Å². The van der Waals surface area contributed by atoms with Gasteiger partial charge in [-0.3, -0.25) is 10.1 Å². The van der Waals surface area contributed by atoms with Crippen molar-refractivity contribution in [3.05, 3.63) is 21.9 Å². The molecule has 3 N–H and O–H groups in total. The number of rotatable bonds is 2. The molecule has 2 heterocycles. The van der Waals surface area contributed by atoms with Crippen molar-refractivity contribution < 1.29 is 4.79 Å². The average molecular weight is 262 g/mol. The largest absolute Gasteiger partial charge is 0.320 e. The maximum absolute atomic E-state index is 11.8. The Bertz CT molecular complexity index is 620. The van der Waals surface area contributed by atoms with Crippen molar-refractivity contribution in [1.29, 1.82) is 0 Å². The Kier molecular flexibility index (Phi) is 3.66. The number of thiophene rings is 1. The lowest BCUT2D eigenvalue weighted by atomic mass is 10.3. The summed E-state index contributed by atoms with van der Waals surface area (Å²) in [7, 11) is 1.62. The minimum atomic E-state index is -0.292. The Morgan fingerprint density at radius 1 is 1.67 bits per heavy atom. The highest BCUT2D eigenvalue weighted by atomic mass is 32.1. The van der Waals surface area contributed by atoms with Crippen molar-refractivity contribution >= 4 is 23.2 Å². The van der Waals surface area contributed by atoms with Gasteiger partial charge in [0, 0.05) is 5.38 Å². The number of nitrogens with zero attached hydrogens (tertiary/aromatic N) is 4. The molecule has 0 saturated carbocycles. The van der Waals surface area contributed by atoms with Crippen LogP contribution in [0.4, 0.5) is 5.95 Å². The van der Waals surface area contributed by atoms with Gasteiger partial charge in [0.25, 0.3) is 11.9 Å². The van der Waals surface area contributed by atoms with Crippen molar-refractivity contribution in [2.45, 2.75) is 0 Å². The summed E-state index contributed by atoms with van der Waals surface area (Å²) >= 11 is 1.38. The number of nitrogens with one attached hydrogen (secondary N) is 1. The van der Waals surface area contributed by atoms with Gasteiger partial charge in [0.15, 0.2) is 0 Å². The van der Waals surface area contributed by atoms with E-state index in [0.29, 0.717) is 12.1 Å². The van der Waals surface area contributed by atoms with Crippen LogP contribution in [-0.2, 0) is 7.05 Å². The summed E-state index contributed by atoms with van der Waals surface area (Å²) in [6.07, 6.45) is 0. The second-order valence-corrected chi connectivity index (χ2v) is 4.17. The Hall–Kier alpha value is -2.24. The van der Waals surface area contributed by atoms with E-state index in [4.69, 9.17) is 5.73 Å². The lowest BCUT2D eigenvalue weighted by Crippen LogP contribution is -2.12. The van der Waals surface area contributed by atoms with Gasteiger partial charge in [-0.25, -0.2) is 0 Å². The van der Waals surface area contributed by atoms with Crippen LogP contribution in [-0.4, -0.2) is 32.7 Å². The number of tetrazole rings is 1. The van der Waals surface area contributed by atoms with E-state index in [2.05, 4.69) is 32.6 Å². The fourth-order valence-corrected chi connectivity index (χ4v) is 1.92. The van der Waals surface area contributed by atoms with E-state index in [0.717, 1.165) is 4.88 Å². The summed E-state index contributed by atoms with van der Waals surface area (Å²) in [6, 6.07) is 1.69. The predicted octanol–water partition coefficient (Wildman–Crippen LogP) is -0.166. The molecule has 0 spiro atoms. The molecule has 0 aliphatic heterocycles. The van der Waals surface area contributed by atoms with Crippen molar-refractivity contribution in [1.82, 2.24) is 20.2 Å². The highest BCUT2D eigenvalue weighted by molar-refractivity contribution is 7.10. The standard InChI is InChI=1S/C10H10N6OS/c1-16-14-10(13-15-16)12-9(17)7-5-8(18-6-7)3-2-4-11/h5-6H,4,11H2,1H3,(H,12,14,17). The van der Waals surface area contributed by atoms with Crippen LogP contribution in [0.3, 0.4) is 0 Å². The molecule has 0 saturated heterocycles. The summed E-state index contributed by atoms with van der Waals surface area (Å²) in [5.41, 5.74) is 5.78. The molecule has 0 radical (unpaired) electrons. The van der Waals surface area contributed by atoms with Crippen LogP contribution < -0.4 is 11.1 Å². The zero-order valence-corrected chi connectivity index (χ0v) is 10.4. The van der Waals surface area contributed by atoms with E-state index in [1.54, 1.807) is 18.5 Å². The number of aryl methyl sites for hydroxylation is 1. The second-order valence-electron chi connectivity index (χ2n) is 3.26. The van der Waals surface area contributed by atoms with Crippen LogP contribution in [0.2, 0.25) is 0 Å². The molecule has 0 atom stereocenters. The van der Waals surface area contributed by atoms with E-state index in [1.807, 2.05) is 0 Å². The lowest BCUT2D eigenvalue weighted by molar-refractivity contribution is 0.102. The second kappa shape index (κ2) is 5.39. The van der Waals surface area contributed by atoms with Crippen LogP contribution in [0.1, 0.15) is 15.2 Å². The molecule has 7 nitrogen and oxygen atoms in total. The van der Waals surface area contributed by atoms with Gasteiger partial charge in [-0.1, -0.05) is 16.9 Å². The van der Waals surface area contributed by atoms with Crippen LogP contribution in [0.15, 0.2) is 11.4 Å². The van der Waals surface area contributed by atoms with Gasteiger partial charge in [0.1, 0.15) is 0 Å². The zero-order valence-electron chi connectivity index (χ0n) is 9.54. The third-order valence-corrected chi connectivity index (χ3v) is 2.75. The van der Waals surface area contributed by atoms with Crippen LogP contribution in [0, 0.1) is 11.8 Å². The summed E-state index contributed by atoms with van der Waals surface area (Å²) in [4.78, 5) is 13.9. The third kappa shape index (κ3) is 2.91. The molecule has 2 aromatic rings. The monoisotopic (exact) mass is 262 g/mol. The third-order valence-electron chi connectivity index (χ3n) is 1.91. The molecule has 0 unspecified atom stereocenters. The van der Waals surface area contributed by atoms with Crippen LogP contribution in [0.5, 0.6) is 0 Å². The van der Waals surface area contributed by atoms with Crippen LogP contribution in [0.25, 0.3) is 0 Å². The number of hydrogen-bond donors (Lipinski definition) is 2. The maximum Gasteiger partial charge on any atom is 0.270 e. The van der Waals surface area contributed by atoms with E-state index in [-0.39, 0.29) is 11.9 Å².